The molecule has 0 aliphatic carbocycles. The van der Waals surface area contributed by atoms with Crippen LogP contribution >= 0.6 is 0 Å². The van der Waals surface area contributed by atoms with Gasteiger partial charge in [0.1, 0.15) is 0 Å². The van der Waals surface area contributed by atoms with Gasteiger partial charge in [-0.2, -0.15) is 0 Å². The molecule has 0 unspecified atom stereocenters. The average molecular weight is 233 g/mol. The standard InChI is InChI=1S/C11H23NO2S/c1-11(2,3)7-6-9-12-8-4-5-10-15(12,13)14/h4-10H2,1-3H3. The fourth-order valence-electron chi connectivity index (χ4n) is 1.88. The molecule has 1 rings (SSSR count). The Labute approximate surface area is 93.9 Å². The first kappa shape index (κ1) is 13.0. The molecule has 0 aromatic heterocycles. The lowest BCUT2D eigenvalue weighted by molar-refractivity contribution is 0.319. The van der Waals surface area contributed by atoms with E-state index in [4.69, 9.17) is 0 Å². The van der Waals surface area contributed by atoms with Crippen molar-refractivity contribution in [2.75, 3.05) is 18.8 Å². The zero-order valence-corrected chi connectivity index (χ0v) is 10.9. The quantitative estimate of drug-likeness (QED) is 0.749. The Balaban J connectivity index is 2.38. The third-order valence-corrected chi connectivity index (χ3v) is 4.74. The van der Waals surface area contributed by atoms with Gasteiger partial charge in [-0.15, -0.1) is 0 Å². The first-order chi connectivity index (χ1) is 6.81. The summed E-state index contributed by atoms with van der Waals surface area (Å²) in [5, 5.41) is 0. The summed E-state index contributed by atoms with van der Waals surface area (Å²) in [4.78, 5) is 0. The molecule has 0 bridgehead atoms. The van der Waals surface area contributed by atoms with Crippen molar-refractivity contribution in [3.8, 4) is 0 Å². The van der Waals surface area contributed by atoms with Gasteiger partial charge >= 0.3 is 0 Å². The first-order valence-corrected chi connectivity index (χ1v) is 7.40. The smallest absolute Gasteiger partial charge is 0.212 e. The highest BCUT2D eigenvalue weighted by atomic mass is 32.2. The van der Waals surface area contributed by atoms with Crippen LogP contribution in [0.4, 0.5) is 0 Å². The van der Waals surface area contributed by atoms with Crippen molar-refractivity contribution >= 4 is 10.0 Å². The molecule has 0 aromatic carbocycles. The van der Waals surface area contributed by atoms with Gasteiger partial charge in [0.25, 0.3) is 0 Å². The lowest BCUT2D eigenvalue weighted by atomic mass is 9.91. The number of hydrogen-bond acceptors (Lipinski definition) is 2. The number of rotatable bonds is 3. The van der Waals surface area contributed by atoms with Gasteiger partial charge in [0.2, 0.25) is 10.0 Å². The molecular weight excluding hydrogens is 210 g/mol. The van der Waals surface area contributed by atoms with Crippen molar-refractivity contribution in [3.05, 3.63) is 0 Å². The lowest BCUT2D eigenvalue weighted by Gasteiger charge is -2.27. The van der Waals surface area contributed by atoms with E-state index in [9.17, 15) is 8.42 Å². The molecule has 0 radical (unpaired) electrons. The van der Waals surface area contributed by atoms with Crippen molar-refractivity contribution in [2.45, 2.75) is 46.5 Å². The van der Waals surface area contributed by atoms with Crippen LogP contribution in [0, 0.1) is 5.41 Å². The highest BCUT2D eigenvalue weighted by Crippen LogP contribution is 2.22. The van der Waals surface area contributed by atoms with Gasteiger partial charge in [-0.3, -0.25) is 0 Å². The molecule has 15 heavy (non-hydrogen) atoms. The molecule has 0 spiro atoms. The Kier molecular flexibility index (Phi) is 4.18. The molecule has 0 amide bonds. The van der Waals surface area contributed by atoms with Crippen molar-refractivity contribution < 1.29 is 8.42 Å². The summed E-state index contributed by atoms with van der Waals surface area (Å²) in [5.41, 5.74) is 0.305. The molecular formula is C11H23NO2S. The third kappa shape index (κ3) is 4.51. The summed E-state index contributed by atoms with van der Waals surface area (Å²) in [6, 6.07) is 0. The third-order valence-electron chi connectivity index (χ3n) is 2.79. The van der Waals surface area contributed by atoms with Crippen LogP contribution in [-0.2, 0) is 10.0 Å². The summed E-state index contributed by atoms with van der Waals surface area (Å²) in [6.45, 7) is 8.01. The number of hydrogen-bond donors (Lipinski definition) is 0. The molecule has 1 aliphatic heterocycles. The summed E-state index contributed by atoms with van der Waals surface area (Å²) >= 11 is 0. The van der Waals surface area contributed by atoms with Gasteiger partial charge in [0.05, 0.1) is 5.75 Å². The fourth-order valence-corrected chi connectivity index (χ4v) is 3.52. The highest BCUT2D eigenvalue weighted by Gasteiger charge is 2.25. The summed E-state index contributed by atoms with van der Waals surface area (Å²) in [7, 11) is -2.91. The predicted molar refractivity (Wildman–Crippen MR) is 63.3 cm³/mol. The normalized spacial score (nSPS) is 22.9. The van der Waals surface area contributed by atoms with Crippen molar-refractivity contribution in [3.63, 3.8) is 0 Å². The summed E-state index contributed by atoms with van der Waals surface area (Å²) in [6.07, 6.45) is 3.91. The van der Waals surface area contributed by atoms with Crippen LogP contribution in [0.5, 0.6) is 0 Å². The van der Waals surface area contributed by atoms with Crippen molar-refractivity contribution in [2.24, 2.45) is 5.41 Å². The molecule has 0 atom stereocenters. The second-order valence-corrected chi connectivity index (χ2v) is 7.67. The second kappa shape index (κ2) is 4.83. The lowest BCUT2D eigenvalue weighted by Crippen LogP contribution is -2.38. The van der Waals surface area contributed by atoms with Crippen LogP contribution in [0.2, 0.25) is 0 Å². The van der Waals surface area contributed by atoms with E-state index in [0.717, 1.165) is 32.2 Å². The Morgan fingerprint density at radius 1 is 1.20 bits per heavy atom. The Bertz CT molecular complexity index is 290. The van der Waals surface area contributed by atoms with E-state index in [-0.39, 0.29) is 0 Å². The van der Waals surface area contributed by atoms with E-state index >= 15 is 0 Å². The van der Waals surface area contributed by atoms with Crippen molar-refractivity contribution in [1.29, 1.82) is 0 Å². The van der Waals surface area contributed by atoms with Crippen LogP contribution in [0.25, 0.3) is 0 Å². The topological polar surface area (TPSA) is 37.4 Å². The first-order valence-electron chi connectivity index (χ1n) is 5.79. The van der Waals surface area contributed by atoms with E-state index in [1.165, 1.54) is 0 Å². The minimum atomic E-state index is -2.91. The minimum absolute atomic E-state index is 0.305. The molecule has 1 saturated heterocycles. The van der Waals surface area contributed by atoms with E-state index in [0.29, 0.717) is 17.7 Å². The second-order valence-electron chi connectivity index (χ2n) is 5.59. The Morgan fingerprint density at radius 3 is 2.40 bits per heavy atom. The Hall–Kier alpha value is -0.0900. The number of nitrogens with zero attached hydrogens (tertiary/aromatic N) is 1. The maximum Gasteiger partial charge on any atom is 0.214 e. The molecule has 3 nitrogen and oxygen atoms in total. The van der Waals surface area contributed by atoms with Crippen LogP contribution < -0.4 is 0 Å². The van der Waals surface area contributed by atoms with Gasteiger partial charge in [-0.1, -0.05) is 20.8 Å². The minimum Gasteiger partial charge on any atom is -0.212 e. The number of sulfonamides is 1. The average Bonchev–Trinajstić information content (AvgIpc) is 2.05. The molecule has 0 saturated carbocycles. The highest BCUT2D eigenvalue weighted by molar-refractivity contribution is 7.89. The van der Waals surface area contributed by atoms with Crippen molar-refractivity contribution in [1.82, 2.24) is 4.31 Å². The molecule has 90 valence electrons. The van der Waals surface area contributed by atoms with E-state index in [1.54, 1.807) is 4.31 Å². The molecule has 0 N–H and O–H groups in total. The van der Waals surface area contributed by atoms with E-state index in [1.807, 2.05) is 0 Å². The largest absolute Gasteiger partial charge is 0.214 e. The SMILES string of the molecule is CC(C)(C)CCCN1CCCCS1(=O)=O. The maximum absolute atomic E-state index is 11.7. The zero-order chi connectivity index (χ0) is 11.5. The summed E-state index contributed by atoms with van der Waals surface area (Å²) in [5.74, 6) is 0.350. The molecule has 4 heteroatoms. The Morgan fingerprint density at radius 2 is 1.87 bits per heavy atom. The van der Waals surface area contributed by atoms with Gasteiger partial charge in [0, 0.05) is 13.1 Å². The summed E-state index contributed by atoms with van der Waals surface area (Å²) < 4.78 is 25.0. The fraction of sp³-hybridized carbons (Fsp3) is 1.00. The van der Waals surface area contributed by atoms with Gasteiger partial charge in [0.15, 0.2) is 0 Å². The van der Waals surface area contributed by atoms with Gasteiger partial charge in [-0.05, 0) is 31.1 Å². The van der Waals surface area contributed by atoms with Crippen LogP contribution in [0.15, 0.2) is 0 Å². The monoisotopic (exact) mass is 233 g/mol. The maximum atomic E-state index is 11.7. The molecule has 1 fully saturated rings. The van der Waals surface area contributed by atoms with Gasteiger partial charge < -0.3 is 0 Å². The predicted octanol–water partition coefficient (Wildman–Crippen LogP) is 2.24. The molecule has 1 heterocycles. The van der Waals surface area contributed by atoms with Crippen LogP contribution in [0.1, 0.15) is 46.5 Å². The van der Waals surface area contributed by atoms with Crippen LogP contribution in [-0.4, -0.2) is 31.6 Å². The van der Waals surface area contributed by atoms with Crippen LogP contribution in [0.3, 0.4) is 0 Å². The molecule has 1 aliphatic rings. The van der Waals surface area contributed by atoms with E-state index in [2.05, 4.69) is 20.8 Å². The molecule has 0 aromatic rings. The zero-order valence-electron chi connectivity index (χ0n) is 10.1. The van der Waals surface area contributed by atoms with E-state index < -0.39 is 10.0 Å². The van der Waals surface area contributed by atoms with Gasteiger partial charge in [-0.25, -0.2) is 12.7 Å².